The van der Waals surface area contributed by atoms with E-state index in [0.717, 1.165) is 47.6 Å². The smallest absolute Gasteiger partial charge is 0.123 e. The molecular formula is C38H58OS. The summed E-state index contributed by atoms with van der Waals surface area (Å²) in [4.78, 5) is 0.861. The van der Waals surface area contributed by atoms with Gasteiger partial charge >= 0.3 is 0 Å². The summed E-state index contributed by atoms with van der Waals surface area (Å²) < 4.78 is 6.28. The van der Waals surface area contributed by atoms with Crippen molar-refractivity contribution in [3.05, 3.63) is 71.3 Å². The number of ether oxygens (including phenoxy) is 1. The Morgan fingerprint density at radius 3 is 1.68 bits per heavy atom. The minimum Gasteiger partial charge on any atom is -0.493 e. The third-order valence-corrected chi connectivity index (χ3v) is 8.22. The number of hydrogen-bond donors (Lipinski definition) is 0. The summed E-state index contributed by atoms with van der Waals surface area (Å²) in [5.41, 5.74) is 3.54. The lowest BCUT2D eigenvalue weighted by molar-refractivity contribution is 0.301. The molecule has 0 saturated heterocycles. The van der Waals surface area contributed by atoms with Gasteiger partial charge in [0.05, 0.1) is 6.61 Å². The molecule has 0 fully saturated rings. The van der Waals surface area contributed by atoms with Gasteiger partial charge in [0, 0.05) is 4.86 Å². The maximum absolute atomic E-state index is 6.28. The van der Waals surface area contributed by atoms with Gasteiger partial charge < -0.3 is 4.74 Å². The maximum atomic E-state index is 6.28. The van der Waals surface area contributed by atoms with Gasteiger partial charge in [-0.2, -0.15) is 0 Å². The Labute approximate surface area is 253 Å². The van der Waals surface area contributed by atoms with Gasteiger partial charge in [-0.1, -0.05) is 190 Å². The van der Waals surface area contributed by atoms with Crippen molar-refractivity contribution in [2.24, 2.45) is 0 Å². The zero-order valence-electron chi connectivity index (χ0n) is 25.9. The van der Waals surface area contributed by atoms with Crippen LogP contribution in [0.1, 0.15) is 153 Å². The average Bonchev–Trinajstić information content (AvgIpc) is 2.98. The molecule has 0 heterocycles. The number of allylic oxidation sites excluding steroid dienone is 1. The molecule has 0 aromatic heterocycles. The Balaban J connectivity index is 1.51. The molecular weight excluding hydrogens is 504 g/mol. The molecule has 0 unspecified atom stereocenters. The molecule has 0 saturated carbocycles. The number of hydrogen-bond acceptors (Lipinski definition) is 2. The van der Waals surface area contributed by atoms with E-state index in [-0.39, 0.29) is 0 Å². The highest BCUT2D eigenvalue weighted by Crippen LogP contribution is 2.24. The SMILES string of the molecule is CCCCCCCCCCCCCCCCCCCCOc1cc(C=CC(=S)c2ccccc2)ccc1CCC. The van der Waals surface area contributed by atoms with Gasteiger partial charge in [0.2, 0.25) is 0 Å². The van der Waals surface area contributed by atoms with E-state index >= 15 is 0 Å². The molecule has 2 aromatic rings. The minimum atomic E-state index is 0.811. The van der Waals surface area contributed by atoms with Gasteiger partial charge in [-0.25, -0.2) is 0 Å². The standard InChI is InChI=1S/C38H58OS/c1-3-5-6-7-8-9-10-11-12-13-14-15-16-17-18-19-20-24-32-39-37-33-34(28-30-35(37)25-4-2)29-31-38(40)36-26-22-21-23-27-36/h21-23,26-31,33H,3-20,24-25,32H2,1-2H3. The van der Waals surface area contributed by atoms with Crippen molar-refractivity contribution in [2.45, 2.75) is 142 Å². The molecule has 1 nitrogen and oxygen atoms in total. The second-order valence-corrected chi connectivity index (χ2v) is 12.0. The molecule has 2 rings (SSSR count). The quantitative estimate of drug-likeness (QED) is 0.0515. The molecule has 40 heavy (non-hydrogen) atoms. The van der Waals surface area contributed by atoms with Crippen LogP contribution in [0.25, 0.3) is 6.08 Å². The van der Waals surface area contributed by atoms with Crippen molar-refractivity contribution in [3.63, 3.8) is 0 Å². The molecule has 0 aliphatic carbocycles. The molecule has 0 atom stereocenters. The van der Waals surface area contributed by atoms with Crippen LogP contribution >= 0.6 is 12.2 Å². The lowest BCUT2D eigenvalue weighted by Gasteiger charge is -2.12. The van der Waals surface area contributed by atoms with Gasteiger partial charge in [0.15, 0.2) is 0 Å². The molecule has 0 aliphatic rings. The summed E-state index contributed by atoms with van der Waals surface area (Å²) in [5, 5.41) is 0. The summed E-state index contributed by atoms with van der Waals surface area (Å²) in [6.45, 7) is 5.34. The van der Waals surface area contributed by atoms with Crippen LogP contribution in [-0.2, 0) is 6.42 Å². The molecule has 0 radical (unpaired) electrons. The fourth-order valence-electron chi connectivity index (χ4n) is 5.34. The van der Waals surface area contributed by atoms with Crippen molar-refractivity contribution in [3.8, 4) is 5.75 Å². The normalized spacial score (nSPS) is 11.3. The van der Waals surface area contributed by atoms with E-state index in [1.165, 1.54) is 115 Å². The monoisotopic (exact) mass is 562 g/mol. The van der Waals surface area contributed by atoms with E-state index in [9.17, 15) is 0 Å². The van der Waals surface area contributed by atoms with Crippen LogP contribution in [0.15, 0.2) is 54.6 Å². The van der Waals surface area contributed by atoms with Gasteiger partial charge in [-0.3, -0.25) is 0 Å². The second kappa shape index (κ2) is 23.7. The summed E-state index contributed by atoms with van der Waals surface area (Å²) in [7, 11) is 0. The van der Waals surface area contributed by atoms with E-state index in [1.807, 2.05) is 24.3 Å². The number of rotatable bonds is 25. The van der Waals surface area contributed by atoms with Crippen molar-refractivity contribution in [2.75, 3.05) is 6.61 Å². The van der Waals surface area contributed by atoms with Gasteiger partial charge in [0.1, 0.15) is 5.75 Å². The van der Waals surface area contributed by atoms with E-state index in [4.69, 9.17) is 17.0 Å². The number of aryl methyl sites for hydroxylation is 1. The lowest BCUT2D eigenvalue weighted by Crippen LogP contribution is -2.01. The highest BCUT2D eigenvalue weighted by atomic mass is 32.1. The van der Waals surface area contributed by atoms with Gasteiger partial charge in [0.25, 0.3) is 0 Å². The lowest BCUT2D eigenvalue weighted by atomic mass is 10.0. The third-order valence-electron chi connectivity index (χ3n) is 7.85. The highest BCUT2D eigenvalue weighted by Gasteiger charge is 2.05. The minimum absolute atomic E-state index is 0.811. The van der Waals surface area contributed by atoms with E-state index in [0.29, 0.717) is 0 Å². The summed E-state index contributed by atoms with van der Waals surface area (Å²) in [5.74, 6) is 1.04. The molecule has 0 N–H and O–H groups in total. The molecule has 0 spiro atoms. The number of unbranched alkanes of at least 4 members (excludes halogenated alkanes) is 17. The second-order valence-electron chi connectivity index (χ2n) is 11.5. The van der Waals surface area contributed by atoms with Crippen LogP contribution in [0.4, 0.5) is 0 Å². The third kappa shape index (κ3) is 16.4. The van der Waals surface area contributed by atoms with E-state index < -0.39 is 0 Å². The fraction of sp³-hybridized carbons (Fsp3) is 0.605. The Morgan fingerprint density at radius 1 is 0.625 bits per heavy atom. The number of thiocarbonyl (C=S) groups is 1. The van der Waals surface area contributed by atoms with Crippen molar-refractivity contribution in [1.82, 2.24) is 0 Å². The molecule has 222 valence electrons. The molecule has 2 aromatic carbocycles. The van der Waals surface area contributed by atoms with E-state index in [2.05, 4.69) is 50.3 Å². The predicted molar refractivity (Wildman–Crippen MR) is 182 cm³/mol. The average molecular weight is 563 g/mol. The Bertz CT molecular complexity index is 916. The molecule has 2 heteroatoms. The zero-order chi connectivity index (χ0) is 28.5. The molecule has 0 aliphatic heterocycles. The summed E-state index contributed by atoms with van der Waals surface area (Å²) >= 11 is 5.59. The topological polar surface area (TPSA) is 9.23 Å². The van der Waals surface area contributed by atoms with Crippen LogP contribution in [0.5, 0.6) is 5.75 Å². The highest BCUT2D eigenvalue weighted by molar-refractivity contribution is 7.81. The largest absolute Gasteiger partial charge is 0.493 e. The first kappa shape index (κ1) is 34.3. The summed E-state index contributed by atoms with van der Waals surface area (Å²) in [6, 6.07) is 16.8. The first-order valence-corrected chi connectivity index (χ1v) is 17.2. The number of benzene rings is 2. The van der Waals surface area contributed by atoms with Gasteiger partial charge in [-0.05, 0) is 41.7 Å². The first-order valence-electron chi connectivity index (χ1n) is 16.8. The zero-order valence-corrected chi connectivity index (χ0v) is 26.8. The fourth-order valence-corrected chi connectivity index (χ4v) is 5.55. The Morgan fingerprint density at radius 2 is 1.15 bits per heavy atom. The molecule has 0 amide bonds. The van der Waals surface area contributed by atoms with Crippen LogP contribution < -0.4 is 4.74 Å². The van der Waals surface area contributed by atoms with Crippen LogP contribution in [0.2, 0.25) is 0 Å². The molecule has 0 bridgehead atoms. The predicted octanol–water partition coefficient (Wildman–Crippen LogP) is 12.5. The maximum Gasteiger partial charge on any atom is 0.123 e. The van der Waals surface area contributed by atoms with Crippen molar-refractivity contribution >= 4 is 23.2 Å². The first-order chi connectivity index (χ1) is 19.7. The van der Waals surface area contributed by atoms with Crippen LogP contribution in [0, 0.1) is 0 Å². The van der Waals surface area contributed by atoms with Gasteiger partial charge in [-0.15, -0.1) is 0 Å². The summed E-state index contributed by atoms with van der Waals surface area (Å²) in [6.07, 6.45) is 31.6. The van der Waals surface area contributed by atoms with Crippen LogP contribution in [-0.4, -0.2) is 11.5 Å². The van der Waals surface area contributed by atoms with Crippen molar-refractivity contribution < 1.29 is 4.74 Å². The van der Waals surface area contributed by atoms with E-state index in [1.54, 1.807) is 0 Å². The Hall–Kier alpha value is -1.93. The van der Waals surface area contributed by atoms with Crippen LogP contribution in [0.3, 0.4) is 0 Å². The van der Waals surface area contributed by atoms with Crippen molar-refractivity contribution in [1.29, 1.82) is 0 Å². The Kier molecular flexibility index (Phi) is 20.3.